The number of thioether (sulfide) groups is 6. The minimum Gasteiger partial charge on any atom is -0.293 e. The number of thiophene rings is 6. The van der Waals surface area contributed by atoms with Gasteiger partial charge in [0.1, 0.15) is 8.64 Å². The fourth-order valence-electron chi connectivity index (χ4n) is 14.0. The van der Waals surface area contributed by atoms with Crippen LogP contribution in [0.2, 0.25) is 0 Å². The Balaban J connectivity index is 1.05. The molecule has 18 heteroatoms. The van der Waals surface area contributed by atoms with Crippen molar-refractivity contribution in [2.24, 2.45) is 0 Å². The van der Waals surface area contributed by atoms with Crippen LogP contribution in [0.4, 0.5) is 0 Å². The van der Waals surface area contributed by atoms with Gasteiger partial charge in [-0.05, 0) is 160 Å². The second kappa shape index (κ2) is 43.4. The summed E-state index contributed by atoms with van der Waals surface area (Å²) in [6, 6.07) is 29.2. The number of amides is 2. The van der Waals surface area contributed by atoms with Crippen molar-refractivity contribution in [1.82, 2.24) is 9.80 Å². The van der Waals surface area contributed by atoms with Gasteiger partial charge in [0.05, 0.1) is 9.81 Å². The van der Waals surface area contributed by atoms with Crippen molar-refractivity contribution in [2.75, 3.05) is 13.1 Å². The van der Waals surface area contributed by atoms with Crippen LogP contribution >= 0.6 is 163 Å². The van der Waals surface area contributed by atoms with Gasteiger partial charge in [0.2, 0.25) is 0 Å². The molecule has 6 aromatic heterocycles. The Kier molecular flexibility index (Phi) is 34.5. The maximum absolute atomic E-state index is 14.5. The molecule has 4 aliphatic rings. The lowest BCUT2D eigenvalue weighted by atomic mass is 9.98. The molecular formula is C86H108N2O2S14. The molecule has 0 unspecified atom stereocenters. The van der Waals surface area contributed by atoms with Gasteiger partial charge in [-0.1, -0.05) is 231 Å². The standard InChI is InChI=1S/C86H108N2O2S14/c1-7-13-19-25-27-33-47-87-81(89)75(103-85(87)91)51-67-49-73-77(83(93-55-63-43-39-59(97-63)35-29-21-15-9-3)94-56-64-44-40-60(98-64)36-30-22-16-10-4)69-54-72-70(53-71(69)79(73)101-67)78(74-50-68(102-80(72)74)52-76-82(90)88(86(92)104-76)48-34-28-26-20-14-8-2)84(95-57-65-45-41-61(99-65)37-31-23-17-11-5)96-58-66-46-42-62(100-66)38-32-24-18-12-6/h39-46,49-54H,7-38,47-48,55-58H2,1-6H3/b75-51+,76-52+. The molecule has 0 bridgehead atoms. The third kappa shape index (κ3) is 22.9. The van der Waals surface area contributed by atoms with E-state index in [0.29, 0.717) is 21.7 Å². The van der Waals surface area contributed by atoms with E-state index in [1.54, 1.807) is 0 Å². The molecule has 0 radical (unpaired) electrons. The van der Waals surface area contributed by atoms with E-state index in [-0.39, 0.29) is 11.8 Å². The van der Waals surface area contributed by atoms with E-state index >= 15 is 0 Å². The highest BCUT2D eigenvalue weighted by molar-refractivity contribution is 8.27. The molecule has 104 heavy (non-hydrogen) atoms. The number of nitrogens with zero attached hydrogens (tertiary/aromatic N) is 2. The lowest BCUT2D eigenvalue weighted by Gasteiger charge is -2.15. The smallest absolute Gasteiger partial charge is 0.266 e. The van der Waals surface area contributed by atoms with Gasteiger partial charge in [0.15, 0.2) is 0 Å². The van der Waals surface area contributed by atoms with Crippen LogP contribution in [-0.2, 0) is 58.3 Å². The third-order valence-corrected chi connectivity index (χ3v) is 35.2. The number of carbonyl (C=O) groups is 2. The maximum Gasteiger partial charge on any atom is 0.266 e. The van der Waals surface area contributed by atoms with Crippen molar-refractivity contribution >= 4 is 207 Å². The minimum atomic E-state index is 0.0447. The van der Waals surface area contributed by atoms with E-state index in [4.69, 9.17) is 24.4 Å². The molecule has 11 rings (SSSR count). The predicted octanol–water partition coefficient (Wildman–Crippen LogP) is 30.8. The zero-order chi connectivity index (χ0) is 72.6. The van der Waals surface area contributed by atoms with Crippen molar-refractivity contribution in [3.63, 3.8) is 0 Å². The summed E-state index contributed by atoms with van der Waals surface area (Å²) in [7, 11) is 0. The number of unbranched alkanes of at least 4 members (excludes halogenated alkanes) is 22. The van der Waals surface area contributed by atoms with Crippen LogP contribution in [0, 0.1) is 0 Å². The quantitative estimate of drug-likeness (QED) is 0.0209. The molecule has 0 saturated carbocycles. The molecule has 0 N–H and O–H groups in total. The molecule has 7 aromatic rings. The molecule has 0 atom stereocenters. The summed E-state index contributed by atoms with van der Waals surface area (Å²) in [6.07, 6.45) is 43.2. The number of rotatable bonds is 48. The zero-order valence-corrected chi connectivity index (χ0v) is 73.8. The van der Waals surface area contributed by atoms with E-state index in [9.17, 15) is 9.59 Å². The van der Waals surface area contributed by atoms with Crippen molar-refractivity contribution < 1.29 is 9.59 Å². The number of aryl methyl sites for hydroxylation is 4. The van der Waals surface area contributed by atoms with Crippen LogP contribution in [0.25, 0.3) is 44.2 Å². The summed E-state index contributed by atoms with van der Waals surface area (Å²) in [6.45, 7) is 15.1. The molecular weight excluding hydrogens is 1540 g/mol. The molecule has 2 saturated heterocycles. The Morgan fingerprint density at radius 2 is 0.615 bits per heavy atom. The minimum absolute atomic E-state index is 0.0447. The predicted molar refractivity (Wildman–Crippen MR) is 485 cm³/mol. The highest BCUT2D eigenvalue weighted by Crippen LogP contribution is 2.61. The van der Waals surface area contributed by atoms with Crippen LogP contribution < -0.4 is 0 Å². The molecule has 1 aromatic carbocycles. The Bertz CT molecular complexity index is 3740. The summed E-state index contributed by atoms with van der Waals surface area (Å²) in [5.74, 6) is 3.68. The fourth-order valence-corrected chi connectivity index (χ4v) is 28.4. The van der Waals surface area contributed by atoms with Gasteiger partial charge in [0, 0.05) is 137 Å². The van der Waals surface area contributed by atoms with E-state index in [0.717, 1.165) is 93.9 Å². The molecule has 4 nitrogen and oxygen atoms in total. The summed E-state index contributed by atoms with van der Waals surface area (Å²) < 4.78 is 4.06. The van der Waals surface area contributed by atoms with E-state index < -0.39 is 0 Å². The third-order valence-electron chi connectivity index (χ3n) is 19.8. The zero-order valence-electron chi connectivity index (χ0n) is 62.4. The highest BCUT2D eigenvalue weighted by Gasteiger charge is 2.39. The largest absolute Gasteiger partial charge is 0.293 e. The van der Waals surface area contributed by atoms with Crippen LogP contribution in [0.5, 0.6) is 0 Å². The lowest BCUT2D eigenvalue weighted by molar-refractivity contribution is -0.123. The molecule has 2 aliphatic carbocycles. The normalized spacial score (nSPS) is 14.9. The van der Waals surface area contributed by atoms with Crippen molar-refractivity contribution in [3.8, 4) is 20.9 Å². The Hall–Kier alpha value is -2.40. The van der Waals surface area contributed by atoms with Gasteiger partial charge < -0.3 is 0 Å². The van der Waals surface area contributed by atoms with Crippen molar-refractivity contribution in [2.45, 2.75) is 270 Å². The van der Waals surface area contributed by atoms with Gasteiger partial charge in [-0.25, -0.2) is 0 Å². The van der Waals surface area contributed by atoms with Gasteiger partial charge in [0.25, 0.3) is 11.8 Å². The lowest BCUT2D eigenvalue weighted by Crippen LogP contribution is -2.28. The average molecular weight is 1650 g/mol. The maximum atomic E-state index is 14.5. The van der Waals surface area contributed by atoms with Gasteiger partial charge in [-0.15, -0.1) is 115 Å². The first-order valence-electron chi connectivity index (χ1n) is 39.3. The molecule has 2 amide bonds. The number of carbonyl (C=O) groups excluding carboxylic acids is 2. The average Bonchev–Trinajstić information content (AvgIpc) is 1.55. The first-order chi connectivity index (χ1) is 51.0. The van der Waals surface area contributed by atoms with Crippen molar-refractivity contribution in [1.29, 1.82) is 0 Å². The summed E-state index contributed by atoms with van der Waals surface area (Å²) >= 11 is 34.8. The van der Waals surface area contributed by atoms with E-state index in [1.807, 2.05) is 125 Å². The van der Waals surface area contributed by atoms with E-state index in [1.165, 1.54) is 279 Å². The number of hydrogen-bond donors (Lipinski definition) is 0. The van der Waals surface area contributed by atoms with Gasteiger partial charge >= 0.3 is 0 Å². The van der Waals surface area contributed by atoms with Crippen LogP contribution in [-0.4, -0.2) is 43.3 Å². The monoisotopic (exact) mass is 1650 g/mol. The molecule has 2 aliphatic heterocycles. The second-order valence-electron chi connectivity index (χ2n) is 28.1. The topological polar surface area (TPSA) is 40.6 Å². The van der Waals surface area contributed by atoms with Crippen LogP contribution in [0.15, 0.2) is 91.1 Å². The van der Waals surface area contributed by atoms with Gasteiger partial charge in [-0.2, -0.15) is 0 Å². The first-order valence-corrected chi connectivity index (χ1v) is 50.5. The molecule has 0 spiro atoms. The molecule has 558 valence electrons. The summed E-state index contributed by atoms with van der Waals surface area (Å²) in [5.41, 5.74) is 10.3. The number of hydrogen-bond acceptors (Lipinski definition) is 16. The number of fused-ring (bicyclic) bond motifs is 6. The van der Waals surface area contributed by atoms with Gasteiger partial charge in [-0.3, -0.25) is 19.4 Å². The highest BCUT2D eigenvalue weighted by atomic mass is 32.2. The molecule has 2 fully saturated rings. The number of benzene rings is 1. The number of thiocarbonyl (C=S) groups is 2. The van der Waals surface area contributed by atoms with Crippen molar-refractivity contribution in [3.05, 3.63) is 162 Å². The Morgan fingerprint density at radius 1 is 0.337 bits per heavy atom. The first kappa shape index (κ1) is 82.6. The Labute approximate surface area is 685 Å². The van der Waals surface area contributed by atoms with Crippen LogP contribution in [0.1, 0.15) is 292 Å². The molecule has 8 heterocycles. The SMILES string of the molecule is CCCCCCCCN1C(=O)/C(=C\c2cc3c(s2)-c2cc4c(cc2C3=C(SCc2ccc(CCCCCC)s2)SCc2ccc(CCCCCC)s2)-c2sc(/C=C3/SC(=S)N(CCCCCCCC)C3=O)cc2C4=C(SCc2ccc(CCCCCC)s2)SCc2ccc(CCCCCC)s2)SC1=S. The second-order valence-corrected chi connectivity index (χ2v) is 43.1. The fraction of sp³-hybridized carbons (Fsp3) is 0.512. The van der Waals surface area contributed by atoms with E-state index in [2.05, 4.69) is 126 Å². The summed E-state index contributed by atoms with van der Waals surface area (Å²) in [5, 5.41) is 0. The summed E-state index contributed by atoms with van der Waals surface area (Å²) in [4.78, 5) is 50.7. The Morgan fingerprint density at radius 3 is 0.923 bits per heavy atom. The van der Waals surface area contributed by atoms with Crippen LogP contribution in [0.3, 0.4) is 0 Å².